The second kappa shape index (κ2) is 15.9. The number of amides is 1. The highest BCUT2D eigenvalue weighted by atomic mass is 35.5. The lowest BCUT2D eigenvalue weighted by molar-refractivity contribution is -0.140. The van der Waals surface area contributed by atoms with E-state index in [9.17, 15) is 4.79 Å². The van der Waals surface area contributed by atoms with Crippen molar-refractivity contribution in [3.8, 4) is 0 Å². The van der Waals surface area contributed by atoms with Gasteiger partial charge in [-0.25, -0.2) is 0 Å². The molecule has 0 aliphatic carbocycles. The van der Waals surface area contributed by atoms with E-state index in [1.165, 1.54) is 16.3 Å². The Hall–Kier alpha value is -3.13. The van der Waals surface area contributed by atoms with Crippen molar-refractivity contribution in [2.45, 2.75) is 78.0 Å². The van der Waals surface area contributed by atoms with Gasteiger partial charge < -0.3 is 21.7 Å². The Morgan fingerprint density at radius 2 is 1.71 bits per heavy atom. The lowest BCUT2D eigenvalue weighted by atomic mass is 9.98. The Morgan fingerprint density at radius 1 is 1.02 bits per heavy atom. The van der Waals surface area contributed by atoms with Crippen LogP contribution >= 0.6 is 11.6 Å². The van der Waals surface area contributed by atoms with Gasteiger partial charge in [0.2, 0.25) is 5.91 Å². The summed E-state index contributed by atoms with van der Waals surface area (Å²) in [6.45, 7) is 9.44. The zero-order valence-electron chi connectivity index (χ0n) is 24.6. The van der Waals surface area contributed by atoms with Crippen LogP contribution in [0.5, 0.6) is 0 Å². The zero-order valence-corrected chi connectivity index (χ0v) is 25.4. The number of fused-ring (bicyclic) bond motifs is 1. The average Bonchev–Trinajstić information content (AvgIpc) is 2.95. The number of nitrogens with zero attached hydrogens (tertiary/aromatic N) is 3. The monoisotopic (exact) mass is 592 g/mol. The smallest absolute Gasteiger partial charge is 0.240 e. The number of hydrogen-bond donors (Lipinski definition) is 3. The molecular weight excluding hydrogens is 544 g/mol. The molecule has 1 aliphatic heterocycles. The molecule has 1 aliphatic rings. The van der Waals surface area contributed by atoms with Crippen molar-refractivity contribution in [2.75, 3.05) is 26.2 Å². The lowest BCUT2D eigenvalue weighted by Crippen LogP contribution is -2.62. The van der Waals surface area contributed by atoms with E-state index >= 15 is 0 Å². The molecule has 0 aromatic heterocycles. The first kappa shape index (κ1) is 33.4. The van der Waals surface area contributed by atoms with Crippen molar-refractivity contribution in [1.82, 2.24) is 15.1 Å². The van der Waals surface area contributed by atoms with E-state index in [1.807, 2.05) is 24.3 Å². The number of piperazine rings is 1. The van der Waals surface area contributed by atoms with Crippen LogP contribution in [0.25, 0.3) is 10.8 Å². The molecule has 1 amide bonds. The highest BCUT2D eigenvalue weighted by molar-refractivity contribution is 6.30. The molecule has 3 aromatic rings. The van der Waals surface area contributed by atoms with Crippen LogP contribution in [-0.4, -0.2) is 72.0 Å². The zero-order chi connectivity index (χ0) is 29.4. The van der Waals surface area contributed by atoms with Crippen LogP contribution < -0.4 is 16.8 Å². The SMILES string of the molecule is C.CC(C)N[C@H](Cc1ccc(Cl)cc1)C(=O)N1C[C@@H](C)N(CCc2ccc3ccccc3c2)C[C@@H]1CCCN=C(N)N. The fraction of sp³-hybridized carbons (Fsp3) is 0.471. The molecule has 0 bridgehead atoms. The van der Waals surface area contributed by atoms with E-state index in [-0.39, 0.29) is 43.5 Å². The summed E-state index contributed by atoms with van der Waals surface area (Å²) in [6.07, 6.45) is 3.25. The van der Waals surface area contributed by atoms with Crippen LogP contribution in [0, 0.1) is 0 Å². The number of carbonyl (C=O) groups is 1. The number of nitrogens with one attached hydrogen (secondary N) is 1. The molecule has 0 radical (unpaired) electrons. The summed E-state index contributed by atoms with van der Waals surface area (Å²) >= 11 is 6.12. The molecule has 7 nitrogen and oxygen atoms in total. The van der Waals surface area contributed by atoms with Crippen LogP contribution in [0.3, 0.4) is 0 Å². The summed E-state index contributed by atoms with van der Waals surface area (Å²) < 4.78 is 0. The van der Waals surface area contributed by atoms with Crippen molar-refractivity contribution < 1.29 is 4.79 Å². The molecule has 1 heterocycles. The van der Waals surface area contributed by atoms with Crippen LogP contribution in [0.4, 0.5) is 0 Å². The third kappa shape index (κ3) is 9.45. The fourth-order valence-electron chi connectivity index (χ4n) is 5.81. The number of guanidine groups is 1. The van der Waals surface area contributed by atoms with E-state index in [4.69, 9.17) is 23.1 Å². The molecule has 42 heavy (non-hydrogen) atoms. The first-order valence-electron chi connectivity index (χ1n) is 14.8. The van der Waals surface area contributed by atoms with Crippen LogP contribution in [0.15, 0.2) is 71.7 Å². The van der Waals surface area contributed by atoms with Crippen LogP contribution in [0.2, 0.25) is 5.02 Å². The Balaban J connectivity index is 0.00000484. The highest BCUT2D eigenvalue weighted by Gasteiger charge is 2.36. The summed E-state index contributed by atoms with van der Waals surface area (Å²) in [5, 5.41) is 6.77. The van der Waals surface area contributed by atoms with Gasteiger partial charge in [-0.2, -0.15) is 0 Å². The molecule has 3 atom stereocenters. The van der Waals surface area contributed by atoms with Crippen molar-refractivity contribution in [2.24, 2.45) is 16.5 Å². The van der Waals surface area contributed by atoms with Gasteiger partial charge in [0, 0.05) is 49.3 Å². The minimum absolute atomic E-state index is 0. The van der Waals surface area contributed by atoms with E-state index < -0.39 is 0 Å². The maximum atomic E-state index is 14.2. The summed E-state index contributed by atoms with van der Waals surface area (Å²) in [5.74, 6) is 0.262. The molecular formula is C34H49ClN6O. The van der Waals surface area contributed by atoms with Gasteiger partial charge in [-0.3, -0.25) is 14.7 Å². The molecule has 8 heteroatoms. The van der Waals surface area contributed by atoms with Gasteiger partial charge in [0.25, 0.3) is 0 Å². The number of benzene rings is 3. The van der Waals surface area contributed by atoms with Crippen molar-refractivity contribution in [1.29, 1.82) is 0 Å². The van der Waals surface area contributed by atoms with Gasteiger partial charge in [0.05, 0.1) is 6.04 Å². The number of halogens is 1. The quantitative estimate of drug-likeness (QED) is 0.152. The fourth-order valence-corrected chi connectivity index (χ4v) is 5.93. The Bertz CT molecular complexity index is 1310. The largest absolute Gasteiger partial charge is 0.370 e. The summed E-state index contributed by atoms with van der Waals surface area (Å²) in [7, 11) is 0. The Kier molecular flexibility index (Phi) is 12.6. The topological polar surface area (TPSA) is 100.0 Å². The van der Waals surface area contributed by atoms with Gasteiger partial charge in [-0.15, -0.1) is 0 Å². The van der Waals surface area contributed by atoms with Crippen molar-refractivity contribution in [3.05, 3.63) is 82.9 Å². The van der Waals surface area contributed by atoms with E-state index in [0.717, 1.165) is 37.9 Å². The minimum atomic E-state index is -0.312. The van der Waals surface area contributed by atoms with Gasteiger partial charge in [0.1, 0.15) is 0 Å². The standard InChI is InChI=1S/C33H45ClN6O.CH4/c1-23(2)38-31(20-25-11-14-29(34)15-12-25)32(41)40-21-24(3)39(22-30(40)9-6-17-37-33(35)36)18-16-26-10-13-27-7-4-5-8-28(27)19-26;/h4-5,7-8,10-15,19,23-24,30-31,38H,6,9,16-18,20-22H2,1-3H3,(H4,35,36,37);1H4/t24-,30+,31-;/m1./s1. The summed E-state index contributed by atoms with van der Waals surface area (Å²) in [4.78, 5) is 23.0. The first-order valence-corrected chi connectivity index (χ1v) is 15.2. The molecule has 1 fully saturated rings. The van der Waals surface area contributed by atoms with Crippen molar-refractivity contribution in [3.63, 3.8) is 0 Å². The molecule has 0 saturated carbocycles. The van der Waals surface area contributed by atoms with E-state index in [2.05, 4.69) is 83.3 Å². The second-order valence-electron chi connectivity index (χ2n) is 11.6. The number of hydrogen-bond acceptors (Lipinski definition) is 4. The van der Waals surface area contributed by atoms with Gasteiger partial charge in [0.15, 0.2) is 5.96 Å². The van der Waals surface area contributed by atoms with Crippen molar-refractivity contribution >= 4 is 34.2 Å². The molecule has 3 aromatic carbocycles. The Labute approximate surface area is 257 Å². The predicted octanol–water partition coefficient (Wildman–Crippen LogP) is 5.24. The molecule has 4 rings (SSSR count). The molecule has 5 N–H and O–H groups in total. The molecule has 0 unspecified atom stereocenters. The average molecular weight is 593 g/mol. The number of nitrogens with two attached hydrogens (primary N) is 2. The molecule has 1 saturated heterocycles. The van der Waals surface area contributed by atoms with Crippen LogP contribution in [0.1, 0.15) is 52.2 Å². The molecule has 0 spiro atoms. The Morgan fingerprint density at radius 3 is 2.40 bits per heavy atom. The van der Waals surface area contributed by atoms with Crippen LogP contribution in [-0.2, 0) is 17.6 Å². The van der Waals surface area contributed by atoms with Gasteiger partial charge >= 0.3 is 0 Å². The van der Waals surface area contributed by atoms with Gasteiger partial charge in [-0.1, -0.05) is 87.5 Å². The predicted molar refractivity (Wildman–Crippen MR) is 178 cm³/mol. The summed E-state index contributed by atoms with van der Waals surface area (Å²) in [6, 6.07) is 23.2. The normalized spacial score (nSPS) is 18.1. The third-order valence-corrected chi connectivity index (χ3v) is 8.18. The number of carbonyl (C=O) groups excluding carboxylic acids is 1. The van der Waals surface area contributed by atoms with E-state index in [0.29, 0.717) is 24.5 Å². The maximum Gasteiger partial charge on any atom is 0.240 e. The highest BCUT2D eigenvalue weighted by Crippen LogP contribution is 2.23. The summed E-state index contributed by atoms with van der Waals surface area (Å²) in [5.41, 5.74) is 13.6. The number of rotatable bonds is 12. The third-order valence-electron chi connectivity index (χ3n) is 7.93. The van der Waals surface area contributed by atoms with Gasteiger partial charge in [-0.05, 0) is 66.6 Å². The first-order chi connectivity index (χ1) is 19.7. The maximum absolute atomic E-state index is 14.2. The minimum Gasteiger partial charge on any atom is -0.370 e. The number of aliphatic imine (C=N–C) groups is 1. The van der Waals surface area contributed by atoms with E-state index in [1.54, 1.807) is 0 Å². The molecule has 228 valence electrons. The lowest BCUT2D eigenvalue weighted by Gasteiger charge is -2.46. The second-order valence-corrected chi connectivity index (χ2v) is 12.0.